The van der Waals surface area contributed by atoms with E-state index in [1.54, 1.807) is 0 Å². The van der Waals surface area contributed by atoms with E-state index in [1.807, 2.05) is 6.08 Å². The number of aromatic nitrogens is 1. The number of hydrogen-bond acceptors (Lipinski definition) is 0. The second-order valence-electron chi connectivity index (χ2n) is 5.82. The van der Waals surface area contributed by atoms with E-state index in [1.165, 1.54) is 27.0 Å². The van der Waals surface area contributed by atoms with E-state index in [4.69, 9.17) is 0 Å². The van der Waals surface area contributed by atoms with Gasteiger partial charge in [0.05, 0.1) is 0 Å². The molecule has 0 amide bonds. The van der Waals surface area contributed by atoms with E-state index in [9.17, 15) is 0 Å². The molecule has 0 unspecified atom stereocenters. The van der Waals surface area contributed by atoms with Gasteiger partial charge in [0.25, 0.3) is 0 Å². The summed E-state index contributed by atoms with van der Waals surface area (Å²) in [5.74, 6) is 0.689. The standard InChI is InChI=1S/C19H25N/c1-6-8-16-17-11-10-15(12-14(3)4)13-19(17)20(5)18(16)9-7-2/h7-11,13-14H,2,6,12H2,1,3-5H3. The van der Waals surface area contributed by atoms with Crippen molar-refractivity contribution in [3.05, 3.63) is 47.0 Å². The molecule has 0 saturated carbocycles. The maximum atomic E-state index is 3.84. The molecule has 0 saturated heterocycles. The summed E-state index contributed by atoms with van der Waals surface area (Å²) in [4.78, 5) is 0. The Balaban J connectivity index is 2.78. The van der Waals surface area contributed by atoms with E-state index in [0.717, 1.165) is 12.8 Å². The molecule has 0 atom stereocenters. The lowest BCUT2D eigenvalue weighted by atomic mass is 10.0. The SMILES string of the molecule is C=CC=c1c(=CCC)c2ccc(CC(C)C)cc2n1C. The Kier molecular flexibility index (Phi) is 4.49. The van der Waals surface area contributed by atoms with Crippen molar-refractivity contribution >= 4 is 23.1 Å². The molecule has 1 aromatic heterocycles. The Morgan fingerprint density at radius 2 is 2.05 bits per heavy atom. The van der Waals surface area contributed by atoms with Crippen LogP contribution in [0.5, 0.6) is 0 Å². The minimum absolute atomic E-state index is 0.689. The molecule has 0 aliphatic rings. The average Bonchev–Trinajstić information content (AvgIpc) is 2.65. The molecular formula is C19H25N. The number of hydrogen-bond donors (Lipinski definition) is 0. The highest BCUT2D eigenvalue weighted by atomic mass is 14.9. The van der Waals surface area contributed by atoms with Gasteiger partial charge in [-0.3, -0.25) is 0 Å². The van der Waals surface area contributed by atoms with Crippen LogP contribution in [0, 0.1) is 5.92 Å². The lowest BCUT2D eigenvalue weighted by Gasteiger charge is -2.05. The van der Waals surface area contributed by atoms with Crippen molar-refractivity contribution in [1.82, 2.24) is 4.57 Å². The van der Waals surface area contributed by atoms with Crippen LogP contribution in [-0.2, 0) is 13.5 Å². The van der Waals surface area contributed by atoms with Gasteiger partial charge in [-0.25, -0.2) is 0 Å². The first-order valence-electron chi connectivity index (χ1n) is 7.48. The number of allylic oxidation sites excluding steroid dienone is 1. The van der Waals surface area contributed by atoms with Crippen molar-refractivity contribution < 1.29 is 0 Å². The fraction of sp³-hybridized carbons (Fsp3) is 0.368. The second kappa shape index (κ2) is 6.13. The maximum absolute atomic E-state index is 3.84. The summed E-state index contributed by atoms with van der Waals surface area (Å²) in [7, 11) is 2.14. The van der Waals surface area contributed by atoms with Crippen LogP contribution in [0.3, 0.4) is 0 Å². The zero-order chi connectivity index (χ0) is 14.7. The largest absolute Gasteiger partial charge is 0.344 e. The first kappa shape index (κ1) is 14.6. The van der Waals surface area contributed by atoms with Gasteiger partial charge in [0.15, 0.2) is 0 Å². The predicted molar refractivity (Wildman–Crippen MR) is 90.1 cm³/mol. The van der Waals surface area contributed by atoms with E-state index < -0.39 is 0 Å². The zero-order valence-electron chi connectivity index (χ0n) is 13.1. The Morgan fingerprint density at radius 1 is 1.30 bits per heavy atom. The van der Waals surface area contributed by atoms with E-state index >= 15 is 0 Å². The van der Waals surface area contributed by atoms with Crippen LogP contribution in [0.4, 0.5) is 0 Å². The third kappa shape index (κ3) is 2.72. The minimum atomic E-state index is 0.689. The Morgan fingerprint density at radius 3 is 2.65 bits per heavy atom. The fourth-order valence-electron chi connectivity index (χ4n) is 2.86. The number of rotatable bonds is 4. The molecule has 0 bridgehead atoms. The molecular weight excluding hydrogens is 242 g/mol. The third-order valence-corrected chi connectivity index (χ3v) is 3.68. The summed E-state index contributed by atoms with van der Waals surface area (Å²) in [6.45, 7) is 10.6. The molecule has 2 aromatic rings. The number of aryl methyl sites for hydroxylation is 1. The number of fused-ring (bicyclic) bond motifs is 1. The Labute approximate surface area is 121 Å². The molecule has 1 nitrogen and oxygen atoms in total. The first-order chi connectivity index (χ1) is 9.58. The quantitative estimate of drug-likeness (QED) is 0.798. The van der Waals surface area contributed by atoms with E-state index in [-0.39, 0.29) is 0 Å². The van der Waals surface area contributed by atoms with Gasteiger partial charge in [-0.05, 0) is 36.5 Å². The molecule has 0 N–H and O–H groups in total. The van der Waals surface area contributed by atoms with Crippen LogP contribution >= 0.6 is 0 Å². The molecule has 20 heavy (non-hydrogen) atoms. The smallest absolute Gasteiger partial charge is 0.0491 e. The summed E-state index contributed by atoms with van der Waals surface area (Å²) in [5.41, 5.74) is 2.73. The number of benzene rings is 1. The van der Waals surface area contributed by atoms with Gasteiger partial charge in [0.2, 0.25) is 0 Å². The van der Waals surface area contributed by atoms with Crippen molar-refractivity contribution in [1.29, 1.82) is 0 Å². The molecule has 2 rings (SSSR count). The van der Waals surface area contributed by atoms with Crippen LogP contribution in [0.15, 0.2) is 30.9 Å². The van der Waals surface area contributed by atoms with Crippen molar-refractivity contribution in [3.8, 4) is 0 Å². The van der Waals surface area contributed by atoms with Gasteiger partial charge in [-0.2, -0.15) is 0 Å². The lowest BCUT2D eigenvalue weighted by molar-refractivity contribution is 0.647. The van der Waals surface area contributed by atoms with Gasteiger partial charge in [-0.15, -0.1) is 0 Å². The highest BCUT2D eigenvalue weighted by Crippen LogP contribution is 2.15. The van der Waals surface area contributed by atoms with Crippen LogP contribution in [0.25, 0.3) is 23.1 Å². The molecule has 0 aliphatic heterocycles. The van der Waals surface area contributed by atoms with Gasteiger partial charge >= 0.3 is 0 Å². The Bertz CT molecular complexity index is 729. The van der Waals surface area contributed by atoms with Crippen LogP contribution < -0.4 is 10.6 Å². The van der Waals surface area contributed by atoms with Gasteiger partial charge in [0.1, 0.15) is 0 Å². The zero-order valence-corrected chi connectivity index (χ0v) is 13.1. The Hall–Kier alpha value is -1.76. The van der Waals surface area contributed by atoms with Crippen molar-refractivity contribution in [2.45, 2.75) is 33.6 Å². The highest BCUT2D eigenvalue weighted by Gasteiger charge is 2.06. The summed E-state index contributed by atoms with van der Waals surface area (Å²) in [6.07, 6.45) is 8.46. The second-order valence-corrected chi connectivity index (χ2v) is 5.82. The van der Waals surface area contributed by atoms with Gasteiger partial charge in [0, 0.05) is 28.5 Å². The summed E-state index contributed by atoms with van der Waals surface area (Å²) < 4.78 is 2.28. The molecule has 1 heteroatoms. The summed E-state index contributed by atoms with van der Waals surface area (Å²) >= 11 is 0. The molecule has 106 valence electrons. The fourth-order valence-corrected chi connectivity index (χ4v) is 2.86. The van der Waals surface area contributed by atoms with E-state index in [0.29, 0.717) is 5.92 Å². The molecule has 0 radical (unpaired) electrons. The summed E-state index contributed by atoms with van der Waals surface area (Å²) in [5, 5.41) is 3.93. The van der Waals surface area contributed by atoms with Crippen molar-refractivity contribution in [3.63, 3.8) is 0 Å². The predicted octanol–water partition coefficient (Wildman–Crippen LogP) is 3.53. The van der Waals surface area contributed by atoms with E-state index in [2.05, 4.69) is 69.3 Å². The van der Waals surface area contributed by atoms with Crippen molar-refractivity contribution in [2.24, 2.45) is 13.0 Å². The van der Waals surface area contributed by atoms with Crippen LogP contribution in [-0.4, -0.2) is 4.57 Å². The summed E-state index contributed by atoms with van der Waals surface area (Å²) in [6, 6.07) is 6.88. The molecule has 1 heterocycles. The average molecular weight is 267 g/mol. The highest BCUT2D eigenvalue weighted by molar-refractivity contribution is 5.83. The number of nitrogens with zero attached hydrogens (tertiary/aromatic N) is 1. The van der Waals surface area contributed by atoms with Crippen LogP contribution in [0.1, 0.15) is 32.8 Å². The monoisotopic (exact) mass is 267 g/mol. The van der Waals surface area contributed by atoms with Crippen LogP contribution in [0.2, 0.25) is 0 Å². The minimum Gasteiger partial charge on any atom is -0.344 e. The van der Waals surface area contributed by atoms with Crippen molar-refractivity contribution in [2.75, 3.05) is 0 Å². The lowest BCUT2D eigenvalue weighted by Crippen LogP contribution is -2.27. The van der Waals surface area contributed by atoms with Gasteiger partial charge in [-0.1, -0.05) is 51.6 Å². The van der Waals surface area contributed by atoms with Gasteiger partial charge < -0.3 is 4.57 Å². The normalized spacial score (nSPS) is 13.7. The molecule has 0 aliphatic carbocycles. The topological polar surface area (TPSA) is 4.93 Å². The first-order valence-corrected chi connectivity index (χ1v) is 7.48. The molecule has 0 fully saturated rings. The third-order valence-electron chi connectivity index (χ3n) is 3.68. The molecule has 0 spiro atoms. The maximum Gasteiger partial charge on any atom is 0.0491 e. The molecule has 1 aromatic carbocycles.